The van der Waals surface area contributed by atoms with Crippen molar-refractivity contribution >= 4 is 24.8 Å². The molecular weight excluding hydrogens is 312 g/mol. The highest BCUT2D eigenvalue weighted by atomic mass is 35.5. The Labute approximate surface area is 139 Å². The molecule has 1 aliphatic heterocycles. The largest absolute Gasteiger partial charge is 0.314 e. The molecule has 1 atom stereocenters. The van der Waals surface area contributed by atoms with Crippen molar-refractivity contribution in [1.29, 1.82) is 0 Å². The van der Waals surface area contributed by atoms with Crippen LogP contribution in [0.25, 0.3) is 0 Å². The van der Waals surface area contributed by atoms with Gasteiger partial charge < -0.3 is 5.32 Å². The van der Waals surface area contributed by atoms with Crippen molar-refractivity contribution < 1.29 is 4.39 Å². The Balaban J connectivity index is 0.00000200. The highest BCUT2D eigenvalue weighted by Gasteiger charge is 2.24. The zero-order valence-corrected chi connectivity index (χ0v) is 14.4. The van der Waals surface area contributed by atoms with Crippen LogP contribution in [0.2, 0.25) is 0 Å². The minimum atomic E-state index is -0.310. The number of aromatic nitrogens is 1. The van der Waals surface area contributed by atoms with E-state index < -0.39 is 0 Å². The summed E-state index contributed by atoms with van der Waals surface area (Å²) >= 11 is 0. The van der Waals surface area contributed by atoms with Gasteiger partial charge in [0.2, 0.25) is 5.95 Å². The number of pyridine rings is 1. The standard InChI is InChI=1S/C15H24FN3.2ClH/c1-12(2)5-6-14(19-10-8-17-9-11-19)13-4-3-7-18-15(13)16;;/h3-4,7,12,14,17H,5-6,8-11H2,1-2H3;2*1H/t14-;;/m0../s1. The fraction of sp³-hybridized carbons (Fsp3) is 0.667. The lowest BCUT2D eigenvalue weighted by Gasteiger charge is -2.35. The molecule has 3 nitrogen and oxygen atoms in total. The third-order valence-electron chi connectivity index (χ3n) is 3.76. The summed E-state index contributed by atoms with van der Waals surface area (Å²) in [5.74, 6) is 0.333. The molecule has 6 heteroatoms. The third-order valence-corrected chi connectivity index (χ3v) is 3.76. The predicted molar refractivity (Wildman–Crippen MR) is 89.9 cm³/mol. The molecule has 1 aliphatic rings. The minimum Gasteiger partial charge on any atom is -0.314 e. The second-order valence-electron chi connectivity index (χ2n) is 5.66. The number of nitrogens with one attached hydrogen (secondary N) is 1. The van der Waals surface area contributed by atoms with Crippen LogP contribution in [0.1, 0.15) is 38.3 Å². The van der Waals surface area contributed by atoms with E-state index in [0.717, 1.165) is 44.6 Å². The van der Waals surface area contributed by atoms with Gasteiger partial charge in [-0.1, -0.05) is 19.9 Å². The molecule has 0 spiro atoms. The first-order chi connectivity index (χ1) is 9.18. The highest BCUT2D eigenvalue weighted by Crippen LogP contribution is 2.28. The van der Waals surface area contributed by atoms with Crippen molar-refractivity contribution in [3.63, 3.8) is 0 Å². The van der Waals surface area contributed by atoms with Gasteiger partial charge in [0.05, 0.1) is 0 Å². The molecule has 0 bridgehead atoms. The molecule has 0 amide bonds. The molecule has 2 heterocycles. The van der Waals surface area contributed by atoms with E-state index in [9.17, 15) is 4.39 Å². The van der Waals surface area contributed by atoms with E-state index in [1.54, 1.807) is 0 Å². The van der Waals surface area contributed by atoms with Crippen LogP contribution in [-0.4, -0.2) is 36.1 Å². The molecule has 0 radical (unpaired) electrons. The lowest BCUT2D eigenvalue weighted by atomic mass is 9.96. The van der Waals surface area contributed by atoms with Gasteiger partial charge in [-0.2, -0.15) is 4.39 Å². The van der Waals surface area contributed by atoms with Crippen LogP contribution in [0.4, 0.5) is 4.39 Å². The molecule has 1 saturated heterocycles. The maximum absolute atomic E-state index is 14.0. The van der Waals surface area contributed by atoms with Gasteiger partial charge in [0.25, 0.3) is 0 Å². The average Bonchev–Trinajstić information content (AvgIpc) is 2.42. The molecular formula is C15H26Cl2FN3. The molecule has 0 aromatic carbocycles. The molecule has 1 aromatic heterocycles. The Morgan fingerprint density at radius 3 is 2.48 bits per heavy atom. The summed E-state index contributed by atoms with van der Waals surface area (Å²) in [4.78, 5) is 6.20. The Morgan fingerprint density at radius 2 is 1.90 bits per heavy atom. The van der Waals surface area contributed by atoms with E-state index in [1.165, 1.54) is 6.20 Å². The SMILES string of the molecule is CC(C)CC[C@@H](c1cccnc1F)N1CCNCC1.Cl.Cl. The van der Waals surface area contributed by atoms with E-state index >= 15 is 0 Å². The van der Waals surface area contributed by atoms with Crippen LogP contribution in [0.3, 0.4) is 0 Å². The van der Waals surface area contributed by atoms with Crippen molar-refractivity contribution in [2.45, 2.75) is 32.7 Å². The van der Waals surface area contributed by atoms with Crippen LogP contribution < -0.4 is 5.32 Å². The van der Waals surface area contributed by atoms with Crippen molar-refractivity contribution in [1.82, 2.24) is 15.2 Å². The van der Waals surface area contributed by atoms with E-state index in [2.05, 4.69) is 29.0 Å². The number of hydrogen-bond acceptors (Lipinski definition) is 3. The Hall–Kier alpha value is -0.420. The topological polar surface area (TPSA) is 28.2 Å². The third kappa shape index (κ3) is 6.07. The molecule has 0 saturated carbocycles. The normalized spacial score (nSPS) is 17.0. The summed E-state index contributed by atoms with van der Waals surface area (Å²) in [7, 11) is 0. The molecule has 1 aromatic rings. The highest BCUT2D eigenvalue weighted by molar-refractivity contribution is 5.85. The number of rotatable bonds is 5. The van der Waals surface area contributed by atoms with Gasteiger partial charge >= 0.3 is 0 Å². The molecule has 122 valence electrons. The molecule has 0 aliphatic carbocycles. The fourth-order valence-electron chi connectivity index (χ4n) is 2.67. The second kappa shape index (κ2) is 10.3. The summed E-state index contributed by atoms with van der Waals surface area (Å²) in [6.07, 6.45) is 3.64. The van der Waals surface area contributed by atoms with E-state index in [-0.39, 0.29) is 36.8 Å². The summed E-state index contributed by atoms with van der Waals surface area (Å²) in [6, 6.07) is 3.89. The lowest BCUT2D eigenvalue weighted by molar-refractivity contribution is 0.156. The Bertz CT molecular complexity index is 398. The molecule has 21 heavy (non-hydrogen) atoms. The zero-order chi connectivity index (χ0) is 13.7. The number of piperazine rings is 1. The summed E-state index contributed by atoms with van der Waals surface area (Å²) in [5, 5.41) is 3.35. The van der Waals surface area contributed by atoms with E-state index in [4.69, 9.17) is 0 Å². The first-order valence-electron chi connectivity index (χ1n) is 7.23. The Morgan fingerprint density at radius 1 is 1.24 bits per heavy atom. The summed E-state index contributed by atoms with van der Waals surface area (Å²) < 4.78 is 14.0. The predicted octanol–water partition coefficient (Wildman–Crippen LogP) is 3.45. The average molecular weight is 338 g/mol. The van der Waals surface area contributed by atoms with Crippen LogP contribution in [-0.2, 0) is 0 Å². The molecule has 2 rings (SSSR count). The number of nitrogens with zero attached hydrogens (tertiary/aromatic N) is 2. The number of hydrogen-bond donors (Lipinski definition) is 1. The van der Waals surface area contributed by atoms with Gasteiger partial charge in [-0.25, -0.2) is 4.98 Å². The van der Waals surface area contributed by atoms with Crippen LogP contribution >= 0.6 is 24.8 Å². The van der Waals surface area contributed by atoms with Gasteiger partial charge in [0.1, 0.15) is 0 Å². The molecule has 1 fully saturated rings. The second-order valence-corrected chi connectivity index (χ2v) is 5.66. The van der Waals surface area contributed by atoms with Crippen molar-refractivity contribution in [2.24, 2.45) is 5.92 Å². The maximum Gasteiger partial charge on any atom is 0.217 e. The van der Waals surface area contributed by atoms with Gasteiger partial charge in [0, 0.05) is 44.0 Å². The van der Waals surface area contributed by atoms with Gasteiger partial charge in [-0.15, -0.1) is 24.8 Å². The number of halogens is 3. The van der Waals surface area contributed by atoms with Crippen molar-refractivity contribution in [3.05, 3.63) is 29.8 Å². The lowest BCUT2D eigenvalue weighted by Crippen LogP contribution is -2.45. The smallest absolute Gasteiger partial charge is 0.217 e. The molecule has 1 N–H and O–H groups in total. The fourth-order valence-corrected chi connectivity index (χ4v) is 2.67. The van der Waals surface area contributed by atoms with E-state index in [0.29, 0.717) is 5.92 Å². The monoisotopic (exact) mass is 337 g/mol. The van der Waals surface area contributed by atoms with Gasteiger partial charge in [-0.3, -0.25) is 4.90 Å². The van der Waals surface area contributed by atoms with Crippen LogP contribution in [0.5, 0.6) is 0 Å². The Kier molecular flexibility index (Phi) is 10.1. The van der Waals surface area contributed by atoms with Crippen molar-refractivity contribution in [2.75, 3.05) is 26.2 Å². The molecule has 0 unspecified atom stereocenters. The minimum absolute atomic E-state index is 0. The summed E-state index contributed by atoms with van der Waals surface area (Å²) in [5.41, 5.74) is 0.755. The van der Waals surface area contributed by atoms with Crippen LogP contribution in [0.15, 0.2) is 18.3 Å². The quantitative estimate of drug-likeness (QED) is 0.834. The van der Waals surface area contributed by atoms with Gasteiger partial charge in [0.15, 0.2) is 0 Å². The van der Waals surface area contributed by atoms with Gasteiger partial charge in [-0.05, 0) is 24.8 Å². The summed E-state index contributed by atoms with van der Waals surface area (Å²) in [6.45, 7) is 8.37. The zero-order valence-electron chi connectivity index (χ0n) is 12.7. The maximum atomic E-state index is 14.0. The first-order valence-corrected chi connectivity index (χ1v) is 7.23. The van der Waals surface area contributed by atoms with Crippen molar-refractivity contribution in [3.8, 4) is 0 Å². The first kappa shape index (κ1) is 20.6. The van der Waals surface area contributed by atoms with E-state index in [1.807, 2.05) is 12.1 Å². The van der Waals surface area contributed by atoms with Crippen LogP contribution in [0, 0.1) is 11.9 Å².